The second-order valence-electron chi connectivity index (χ2n) is 9.23. The largest absolute Gasteiger partial charge is 0.369 e. The Morgan fingerprint density at radius 1 is 0.919 bits per heavy atom. The molecule has 0 saturated carbocycles. The summed E-state index contributed by atoms with van der Waals surface area (Å²) in [6, 6.07) is 19.1. The van der Waals surface area contributed by atoms with Gasteiger partial charge in [0.15, 0.2) is 0 Å². The summed E-state index contributed by atoms with van der Waals surface area (Å²) in [5.41, 5.74) is 4.38. The maximum atomic E-state index is 12.9. The van der Waals surface area contributed by atoms with E-state index in [1.165, 1.54) is 0 Å². The lowest BCUT2D eigenvalue weighted by Gasteiger charge is -2.34. The van der Waals surface area contributed by atoms with Gasteiger partial charge >= 0.3 is 6.03 Å². The van der Waals surface area contributed by atoms with E-state index in [0.29, 0.717) is 11.4 Å². The second kappa shape index (κ2) is 10.3. The van der Waals surface area contributed by atoms with Crippen LogP contribution in [-0.4, -0.2) is 73.7 Å². The first-order valence-corrected chi connectivity index (χ1v) is 12.3. The predicted octanol–water partition coefficient (Wildman–Crippen LogP) is 4.00. The Bertz CT molecular complexity index is 1420. The normalized spacial score (nSPS) is 14.0. The van der Waals surface area contributed by atoms with Crippen molar-refractivity contribution >= 4 is 45.7 Å². The van der Waals surface area contributed by atoms with Gasteiger partial charge in [-0.25, -0.2) is 9.78 Å². The van der Waals surface area contributed by atoms with Gasteiger partial charge in [0.2, 0.25) is 0 Å². The summed E-state index contributed by atoms with van der Waals surface area (Å²) in [6.45, 7) is 4.04. The Labute approximate surface area is 216 Å². The predicted molar refractivity (Wildman–Crippen MR) is 148 cm³/mol. The molecule has 0 atom stereocenters. The topological polar surface area (TPSA) is 85.7 Å². The van der Waals surface area contributed by atoms with Crippen LogP contribution in [0.15, 0.2) is 73.1 Å². The van der Waals surface area contributed by atoms with E-state index in [2.05, 4.69) is 32.5 Å². The van der Waals surface area contributed by atoms with E-state index >= 15 is 0 Å². The Kier molecular flexibility index (Phi) is 6.78. The first kappa shape index (κ1) is 24.3. The van der Waals surface area contributed by atoms with Gasteiger partial charge in [-0.15, -0.1) is 0 Å². The highest BCUT2D eigenvalue weighted by Gasteiger charge is 2.16. The number of nitrogens with zero attached hydrogens (tertiary/aromatic N) is 5. The quantitative estimate of drug-likeness (QED) is 0.434. The van der Waals surface area contributed by atoms with Crippen molar-refractivity contribution in [2.45, 2.75) is 0 Å². The van der Waals surface area contributed by atoms with Crippen LogP contribution in [0.5, 0.6) is 0 Å². The van der Waals surface area contributed by atoms with Crippen LogP contribution in [0.2, 0.25) is 0 Å². The van der Waals surface area contributed by atoms with Crippen molar-refractivity contribution in [1.29, 1.82) is 0 Å². The number of likely N-dealkylation sites (N-methyl/N-ethyl adjacent to an activating group) is 1. The van der Waals surface area contributed by atoms with Crippen molar-refractivity contribution in [2.75, 3.05) is 62.4 Å². The van der Waals surface area contributed by atoms with E-state index in [0.717, 1.165) is 54.1 Å². The first-order valence-electron chi connectivity index (χ1n) is 12.3. The summed E-state index contributed by atoms with van der Waals surface area (Å²) in [5, 5.41) is 6.51. The highest BCUT2D eigenvalue weighted by Crippen LogP contribution is 2.29. The molecule has 5 rings (SSSR count). The van der Waals surface area contributed by atoms with Crippen LogP contribution in [0.3, 0.4) is 0 Å². The van der Waals surface area contributed by atoms with Gasteiger partial charge < -0.3 is 25.3 Å². The molecule has 37 heavy (non-hydrogen) atoms. The molecule has 0 unspecified atom stereocenters. The smallest absolute Gasteiger partial charge is 0.325 e. The van der Waals surface area contributed by atoms with Crippen LogP contribution in [0.4, 0.5) is 27.7 Å². The molecule has 2 amide bonds. The molecule has 2 N–H and O–H groups in total. The van der Waals surface area contributed by atoms with Gasteiger partial charge in [-0.2, -0.15) is 0 Å². The summed E-state index contributed by atoms with van der Waals surface area (Å²) in [7, 11) is 5.70. The third kappa shape index (κ3) is 5.12. The Hall–Kier alpha value is -4.37. The van der Waals surface area contributed by atoms with Gasteiger partial charge in [0.1, 0.15) is 5.82 Å². The molecule has 1 aliphatic heterocycles. The van der Waals surface area contributed by atoms with E-state index < -0.39 is 0 Å². The van der Waals surface area contributed by atoms with Crippen LogP contribution < -0.4 is 20.4 Å². The standard InChI is InChI=1S/C28H31N7O2/c1-29-28(37)35-13-11-21-18-23(8-9-25(21)35)33(3)24-10-12-30-26(19-24)31-27(36)20-4-6-22(7-5-20)34-16-14-32(2)15-17-34/h4-13,18-19H,14-17H2,1-3H3,(H,29,37)(H,30,31,36). The lowest BCUT2D eigenvalue weighted by Crippen LogP contribution is -2.44. The molecule has 0 spiro atoms. The highest BCUT2D eigenvalue weighted by molar-refractivity contribution is 6.04. The number of benzene rings is 2. The number of rotatable bonds is 5. The van der Waals surface area contributed by atoms with Crippen molar-refractivity contribution in [2.24, 2.45) is 0 Å². The molecule has 2 aromatic heterocycles. The minimum Gasteiger partial charge on any atom is -0.369 e. The van der Waals surface area contributed by atoms with Crippen LogP contribution in [-0.2, 0) is 0 Å². The lowest BCUT2D eigenvalue weighted by atomic mass is 10.1. The molecular weight excluding hydrogens is 466 g/mol. The maximum Gasteiger partial charge on any atom is 0.325 e. The maximum absolute atomic E-state index is 12.9. The average molecular weight is 498 g/mol. The molecule has 0 bridgehead atoms. The average Bonchev–Trinajstić information content (AvgIpc) is 3.36. The zero-order chi connectivity index (χ0) is 25.9. The molecule has 1 fully saturated rings. The highest BCUT2D eigenvalue weighted by atomic mass is 16.2. The fourth-order valence-electron chi connectivity index (χ4n) is 4.56. The zero-order valence-corrected chi connectivity index (χ0v) is 21.3. The molecule has 4 aromatic rings. The summed E-state index contributed by atoms with van der Waals surface area (Å²) in [4.78, 5) is 36.0. The van der Waals surface area contributed by atoms with Gasteiger partial charge in [-0.1, -0.05) is 0 Å². The van der Waals surface area contributed by atoms with Gasteiger partial charge in [0.25, 0.3) is 5.91 Å². The zero-order valence-electron chi connectivity index (χ0n) is 21.3. The molecule has 1 saturated heterocycles. The van der Waals surface area contributed by atoms with Gasteiger partial charge in [-0.3, -0.25) is 9.36 Å². The number of amides is 2. The SMILES string of the molecule is CNC(=O)n1ccc2cc(N(C)c3ccnc(NC(=O)c4ccc(N5CCN(C)CC5)cc4)c3)ccc21. The number of nitrogens with one attached hydrogen (secondary N) is 2. The number of piperazine rings is 1. The number of carbonyl (C=O) groups is 2. The Morgan fingerprint density at radius 3 is 2.38 bits per heavy atom. The number of anilines is 4. The van der Waals surface area contributed by atoms with Crippen LogP contribution in [0.25, 0.3) is 10.9 Å². The molecular formula is C28H31N7O2. The number of aromatic nitrogens is 2. The number of hydrogen-bond donors (Lipinski definition) is 2. The lowest BCUT2D eigenvalue weighted by molar-refractivity contribution is 0.102. The fourth-order valence-corrected chi connectivity index (χ4v) is 4.56. The van der Waals surface area contributed by atoms with E-state index in [9.17, 15) is 9.59 Å². The monoisotopic (exact) mass is 497 g/mol. The Morgan fingerprint density at radius 2 is 1.65 bits per heavy atom. The molecule has 190 valence electrons. The Balaban J connectivity index is 1.28. The van der Waals surface area contributed by atoms with Crippen molar-refractivity contribution in [3.63, 3.8) is 0 Å². The van der Waals surface area contributed by atoms with Crippen LogP contribution in [0.1, 0.15) is 10.4 Å². The van der Waals surface area contributed by atoms with Gasteiger partial charge in [0, 0.05) is 86.7 Å². The molecule has 3 heterocycles. The molecule has 0 radical (unpaired) electrons. The molecule has 9 heteroatoms. The van der Waals surface area contributed by atoms with Crippen LogP contribution >= 0.6 is 0 Å². The minimum absolute atomic E-state index is 0.181. The summed E-state index contributed by atoms with van der Waals surface area (Å²) < 4.78 is 1.58. The van der Waals surface area contributed by atoms with Crippen molar-refractivity contribution < 1.29 is 9.59 Å². The van der Waals surface area contributed by atoms with Crippen LogP contribution in [0, 0.1) is 0 Å². The fraction of sp³-hybridized carbons (Fsp3) is 0.250. The van der Waals surface area contributed by atoms with Crippen molar-refractivity contribution in [3.05, 3.63) is 78.6 Å². The van der Waals surface area contributed by atoms with Crippen molar-refractivity contribution in [3.8, 4) is 0 Å². The third-order valence-corrected chi connectivity index (χ3v) is 6.86. The minimum atomic E-state index is -0.200. The molecule has 0 aliphatic carbocycles. The molecule has 2 aromatic carbocycles. The van der Waals surface area contributed by atoms with Crippen molar-refractivity contribution in [1.82, 2.24) is 19.8 Å². The third-order valence-electron chi connectivity index (χ3n) is 6.86. The summed E-state index contributed by atoms with van der Waals surface area (Å²) in [6.07, 6.45) is 3.43. The van der Waals surface area contributed by atoms with E-state index in [-0.39, 0.29) is 11.9 Å². The second-order valence-corrected chi connectivity index (χ2v) is 9.23. The van der Waals surface area contributed by atoms with E-state index in [4.69, 9.17) is 0 Å². The summed E-state index contributed by atoms with van der Waals surface area (Å²) >= 11 is 0. The van der Waals surface area contributed by atoms with Gasteiger partial charge in [-0.05, 0) is 61.6 Å². The number of hydrogen-bond acceptors (Lipinski definition) is 6. The number of fused-ring (bicyclic) bond motifs is 1. The van der Waals surface area contributed by atoms with E-state index in [1.807, 2.05) is 72.6 Å². The van der Waals surface area contributed by atoms with Gasteiger partial charge in [0.05, 0.1) is 5.52 Å². The number of carbonyl (C=O) groups excluding carboxylic acids is 2. The summed E-state index contributed by atoms with van der Waals surface area (Å²) in [5.74, 6) is 0.276. The number of pyridine rings is 1. The molecule has 9 nitrogen and oxygen atoms in total. The van der Waals surface area contributed by atoms with E-state index in [1.54, 1.807) is 24.0 Å². The first-order chi connectivity index (χ1) is 17.9. The molecule has 1 aliphatic rings.